The predicted molar refractivity (Wildman–Crippen MR) is 163 cm³/mol. The van der Waals surface area contributed by atoms with Crippen molar-refractivity contribution in [3.05, 3.63) is 107 Å². The first kappa shape index (κ1) is 30.7. The van der Waals surface area contributed by atoms with Crippen molar-refractivity contribution in [2.75, 3.05) is 13.2 Å². The highest BCUT2D eigenvalue weighted by Crippen LogP contribution is 2.24. The fourth-order valence-corrected chi connectivity index (χ4v) is 4.77. The molecular weight excluding hydrogens is 494 g/mol. The third-order valence-electron chi connectivity index (χ3n) is 7.08. The zero-order valence-corrected chi connectivity index (χ0v) is 23.9. The van der Waals surface area contributed by atoms with Gasteiger partial charge in [-0.15, -0.1) is 0 Å². The molecule has 0 saturated carbocycles. The molecule has 40 heavy (non-hydrogen) atoms. The molecule has 0 aromatic heterocycles. The molecule has 0 aliphatic heterocycles. The summed E-state index contributed by atoms with van der Waals surface area (Å²) in [7, 11) is 0. The second-order valence-corrected chi connectivity index (χ2v) is 10.2. The van der Waals surface area contributed by atoms with Gasteiger partial charge < -0.3 is 9.47 Å². The van der Waals surface area contributed by atoms with Gasteiger partial charge in [0.05, 0.1) is 24.8 Å². The molecule has 3 aromatic rings. The Balaban J connectivity index is 1.52. The van der Waals surface area contributed by atoms with Gasteiger partial charge >= 0.3 is 5.97 Å². The Morgan fingerprint density at radius 1 is 0.825 bits per heavy atom. The van der Waals surface area contributed by atoms with Crippen LogP contribution in [0.3, 0.4) is 0 Å². The molecule has 1 atom stereocenters. The van der Waals surface area contributed by atoms with Gasteiger partial charge in [0, 0.05) is 12.0 Å². The first-order chi connectivity index (χ1) is 19.7. The molecule has 210 valence electrons. The number of carbonyl (C=O) groups is 1. The lowest BCUT2D eigenvalue weighted by molar-refractivity contribution is -0.143. The number of benzene rings is 3. The summed E-state index contributed by atoms with van der Waals surface area (Å²) in [6.45, 7) is 3.00. The van der Waals surface area contributed by atoms with Gasteiger partial charge in [-0.1, -0.05) is 79.2 Å². The lowest BCUT2D eigenvalue weighted by Gasteiger charge is -2.14. The minimum Gasteiger partial charge on any atom is -0.493 e. The standard InChI is InChI=1S/C36H43NO3/c1-2-39-36(38)19-11-8-16-31(20-21-32-22-24-33(29-37)25-23-32)26-27-34-17-9-10-18-35(34)40-28-12-4-7-15-30-13-5-3-6-14-30/h3,5-6,9-10,13-14,17-18,22-27,31H,2,4,7-8,11-12,15-16,19-21,28H2,1H3. The van der Waals surface area contributed by atoms with Gasteiger partial charge in [0.15, 0.2) is 0 Å². The van der Waals surface area contributed by atoms with Crippen LogP contribution < -0.4 is 4.74 Å². The number of carbonyl (C=O) groups excluding carboxylic acids is 1. The summed E-state index contributed by atoms with van der Waals surface area (Å²) >= 11 is 0. The summed E-state index contributed by atoms with van der Waals surface area (Å²) in [5, 5.41) is 9.07. The second kappa shape index (κ2) is 18.4. The van der Waals surface area contributed by atoms with E-state index >= 15 is 0 Å². The van der Waals surface area contributed by atoms with Crippen molar-refractivity contribution in [1.29, 1.82) is 5.26 Å². The largest absolute Gasteiger partial charge is 0.493 e. The maximum Gasteiger partial charge on any atom is 0.305 e. The molecule has 0 saturated heterocycles. The molecule has 3 aromatic carbocycles. The number of hydrogen-bond donors (Lipinski definition) is 0. The average Bonchev–Trinajstić information content (AvgIpc) is 2.99. The predicted octanol–water partition coefficient (Wildman–Crippen LogP) is 8.74. The first-order valence-corrected chi connectivity index (χ1v) is 14.8. The topological polar surface area (TPSA) is 59.3 Å². The summed E-state index contributed by atoms with van der Waals surface area (Å²) in [6, 6.07) is 28.9. The third kappa shape index (κ3) is 11.9. The van der Waals surface area contributed by atoms with Gasteiger partial charge in [0.2, 0.25) is 0 Å². The van der Waals surface area contributed by atoms with E-state index in [9.17, 15) is 4.79 Å². The SMILES string of the molecule is CCOC(=O)CCCCC(C=Cc1ccccc1OCCCCCc1ccccc1)CCc1ccc(C#N)cc1. The van der Waals surface area contributed by atoms with E-state index in [0.29, 0.717) is 24.5 Å². The number of rotatable bonds is 18. The number of nitriles is 1. The molecular formula is C36H43NO3. The van der Waals surface area contributed by atoms with Crippen LogP contribution in [-0.4, -0.2) is 19.2 Å². The Labute approximate surface area is 240 Å². The molecule has 3 rings (SSSR count). The Hall–Kier alpha value is -3.84. The molecule has 4 nitrogen and oxygen atoms in total. The number of allylic oxidation sites excluding steroid dienone is 1. The lowest BCUT2D eigenvalue weighted by atomic mass is 9.92. The fraction of sp³-hybridized carbons (Fsp3) is 0.389. The summed E-state index contributed by atoms with van der Waals surface area (Å²) in [5.74, 6) is 1.19. The smallest absolute Gasteiger partial charge is 0.305 e. The number of esters is 1. The zero-order valence-electron chi connectivity index (χ0n) is 23.9. The van der Waals surface area contributed by atoms with Crippen molar-refractivity contribution in [3.63, 3.8) is 0 Å². The number of para-hydroxylation sites is 1. The van der Waals surface area contributed by atoms with E-state index in [1.165, 1.54) is 17.5 Å². The molecule has 0 N–H and O–H groups in total. The summed E-state index contributed by atoms with van der Waals surface area (Å²) < 4.78 is 11.3. The maximum absolute atomic E-state index is 11.7. The van der Waals surface area contributed by atoms with Gasteiger partial charge in [-0.25, -0.2) is 0 Å². The maximum atomic E-state index is 11.7. The molecule has 0 aliphatic carbocycles. The van der Waals surface area contributed by atoms with Crippen molar-refractivity contribution < 1.29 is 14.3 Å². The van der Waals surface area contributed by atoms with E-state index in [0.717, 1.165) is 69.3 Å². The number of unbranched alkanes of at least 4 members (excludes halogenated alkanes) is 3. The second-order valence-electron chi connectivity index (χ2n) is 10.2. The Morgan fingerprint density at radius 3 is 2.35 bits per heavy atom. The van der Waals surface area contributed by atoms with E-state index in [-0.39, 0.29) is 5.97 Å². The van der Waals surface area contributed by atoms with E-state index in [4.69, 9.17) is 14.7 Å². The van der Waals surface area contributed by atoms with Crippen LogP contribution in [0.1, 0.15) is 80.5 Å². The quantitative estimate of drug-likeness (QED) is 0.120. The van der Waals surface area contributed by atoms with Crippen LogP contribution in [0.2, 0.25) is 0 Å². The molecule has 0 radical (unpaired) electrons. The van der Waals surface area contributed by atoms with E-state index < -0.39 is 0 Å². The Morgan fingerprint density at radius 2 is 1.57 bits per heavy atom. The molecule has 4 heteroatoms. The van der Waals surface area contributed by atoms with Crippen molar-refractivity contribution in [2.45, 2.75) is 71.1 Å². The van der Waals surface area contributed by atoms with Crippen LogP contribution in [0.25, 0.3) is 6.08 Å². The number of nitrogens with zero attached hydrogens (tertiary/aromatic N) is 1. The molecule has 0 bridgehead atoms. The molecule has 0 heterocycles. The summed E-state index contributed by atoms with van der Waals surface area (Å²) in [6.07, 6.45) is 14.2. The molecule has 0 amide bonds. The van der Waals surface area contributed by atoms with Crippen molar-refractivity contribution in [2.24, 2.45) is 5.92 Å². The fourth-order valence-electron chi connectivity index (χ4n) is 4.77. The van der Waals surface area contributed by atoms with Crippen molar-refractivity contribution in [1.82, 2.24) is 0 Å². The normalized spacial score (nSPS) is 11.7. The van der Waals surface area contributed by atoms with Gasteiger partial charge in [-0.2, -0.15) is 5.26 Å². The molecule has 0 spiro atoms. The van der Waals surface area contributed by atoms with E-state index in [1.54, 1.807) is 0 Å². The van der Waals surface area contributed by atoms with Crippen LogP contribution in [0.5, 0.6) is 5.75 Å². The van der Waals surface area contributed by atoms with Crippen molar-refractivity contribution in [3.8, 4) is 11.8 Å². The highest BCUT2D eigenvalue weighted by Gasteiger charge is 2.09. The van der Waals surface area contributed by atoms with Gasteiger partial charge in [-0.3, -0.25) is 4.79 Å². The van der Waals surface area contributed by atoms with Crippen LogP contribution in [0.15, 0.2) is 84.9 Å². The minimum atomic E-state index is -0.113. The minimum absolute atomic E-state index is 0.113. The molecule has 0 aliphatic rings. The summed E-state index contributed by atoms with van der Waals surface area (Å²) in [4.78, 5) is 11.7. The lowest BCUT2D eigenvalue weighted by Crippen LogP contribution is -2.04. The zero-order chi connectivity index (χ0) is 28.3. The number of hydrogen-bond acceptors (Lipinski definition) is 4. The highest BCUT2D eigenvalue weighted by molar-refractivity contribution is 5.69. The Bertz CT molecular complexity index is 1190. The van der Waals surface area contributed by atoms with E-state index in [1.807, 2.05) is 37.3 Å². The van der Waals surface area contributed by atoms with Gasteiger partial charge in [0.1, 0.15) is 5.75 Å². The Kier molecular flexibility index (Phi) is 14.2. The van der Waals surface area contributed by atoms with Crippen molar-refractivity contribution >= 4 is 12.0 Å². The monoisotopic (exact) mass is 537 g/mol. The van der Waals surface area contributed by atoms with Crippen LogP contribution in [0, 0.1) is 17.2 Å². The van der Waals surface area contributed by atoms with Crippen LogP contribution in [-0.2, 0) is 22.4 Å². The number of ether oxygens (including phenoxy) is 2. The van der Waals surface area contributed by atoms with Gasteiger partial charge in [-0.05, 0) is 93.5 Å². The summed E-state index contributed by atoms with van der Waals surface area (Å²) in [5.41, 5.74) is 4.42. The van der Waals surface area contributed by atoms with Crippen LogP contribution >= 0.6 is 0 Å². The van der Waals surface area contributed by atoms with Crippen LogP contribution in [0.4, 0.5) is 0 Å². The highest BCUT2D eigenvalue weighted by atomic mass is 16.5. The molecule has 0 fully saturated rings. The van der Waals surface area contributed by atoms with Gasteiger partial charge in [0.25, 0.3) is 0 Å². The number of aryl methyl sites for hydroxylation is 2. The molecule has 1 unspecified atom stereocenters. The first-order valence-electron chi connectivity index (χ1n) is 14.8. The average molecular weight is 538 g/mol. The van der Waals surface area contributed by atoms with E-state index in [2.05, 4.69) is 66.8 Å². The third-order valence-corrected chi connectivity index (χ3v) is 7.08.